The fraction of sp³-hybridized carbons (Fsp3) is 1.00. The van der Waals surface area contributed by atoms with Crippen molar-refractivity contribution < 1.29 is 9.47 Å². The predicted octanol–water partition coefficient (Wildman–Crippen LogP) is 1.84. The van der Waals surface area contributed by atoms with Gasteiger partial charge in [0.1, 0.15) is 0 Å². The van der Waals surface area contributed by atoms with Gasteiger partial charge in [-0.25, -0.2) is 0 Å². The second-order valence-electron chi connectivity index (χ2n) is 2.15. The van der Waals surface area contributed by atoms with E-state index >= 15 is 0 Å². The molecule has 0 aliphatic heterocycles. The molecular formula is C8H18O2. The number of hydrogen-bond donors (Lipinski definition) is 0. The van der Waals surface area contributed by atoms with Gasteiger partial charge in [-0.05, 0) is 20.3 Å². The van der Waals surface area contributed by atoms with Gasteiger partial charge in [-0.1, -0.05) is 6.92 Å². The Morgan fingerprint density at radius 3 is 2.20 bits per heavy atom. The van der Waals surface area contributed by atoms with E-state index in [0.717, 1.165) is 26.2 Å². The Morgan fingerprint density at radius 2 is 1.80 bits per heavy atom. The highest BCUT2D eigenvalue weighted by Gasteiger charge is 2.03. The smallest absolute Gasteiger partial charge is 0.0805 e. The van der Waals surface area contributed by atoms with Crippen LogP contribution in [0.4, 0.5) is 0 Å². The van der Waals surface area contributed by atoms with Crippen LogP contribution in [0.3, 0.4) is 0 Å². The molecule has 1 unspecified atom stereocenters. The van der Waals surface area contributed by atoms with E-state index in [1.807, 2.05) is 13.8 Å². The van der Waals surface area contributed by atoms with Gasteiger partial charge >= 0.3 is 0 Å². The summed E-state index contributed by atoms with van der Waals surface area (Å²) in [5, 5.41) is 0. The maximum absolute atomic E-state index is 5.37. The van der Waals surface area contributed by atoms with Crippen LogP contribution < -0.4 is 0 Å². The molecule has 2 nitrogen and oxygen atoms in total. The average molecular weight is 146 g/mol. The summed E-state index contributed by atoms with van der Waals surface area (Å²) in [5.74, 6) is 0. The molecule has 0 aromatic heterocycles. The van der Waals surface area contributed by atoms with Gasteiger partial charge < -0.3 is 9.47 Å². The van der Waals surface area contributed by atoms with Crippen LogP contribution in [0.5, 0.6) is 0 Å². The van der Waals surface area contributed by atoms with Crippen LogP contribution in [0.1, 0.15) is 27.2 Å². The van der Waals surface area contributed by atoms with Gasteiger partial charge in [0.25, 0.3) is 0 Å². The summed E-state index contributed by atoms with van der Waals surface area (Å²) in [7, 11) is 0. The average Bonchev–Trinajstić information content (AvgIpc) is 1.98. The molecule has 1 atom stereocenters. The predicted molar refractivity (Wildman–Crippen MR) is 42.2 cm³/mol. The monoisotopic (exact) mass is 146 g/mol. The first kappa shape index (κ1) is 9.92. The summed E-state index contributed by atoms with van der Waals surface area (Å²) >= 11 is 0. The minimum absolute atomic E-state index is 0.296. The van der Waals surface area contributed by atoms with Gasteiger partial charge in [0.05, 0.1) is 12.7 Å². The summed E-state index contributed by atoms with van der Waals surface area (Å²) in [5.41, 5.74) is 0. The normalized spacial score (nSPS) is 13.5. The topological polar surface area (TPSA) is 18.5 Å². The van der Waals surface area contributed by atoms with E-state index in [2.05, 4.69) is 6.92 Å². The van der Waals surface area contributed by atoms with Crippen molar-refractivity contribution >= 4 is 0 Å². The van der Waals surface area contributed by atoms with Crippen LogP contribution in [-0.2, 0) is 9.47 Å². The standard InChI is InChI=1S/C8H18O2/c1-4-8(10-6-3)7-9-5-2/h8H,4-7H2,1-3H3. The van der Waals surface area contributed by atoms with Crippen molar-refractivity contribution in [3.05, 3.63) is 0 Å². The van der Waals surface area contributed by atoms with Gasteiger partial charge in [-0.3, -0.25) is 0 Å². The molecule has 0 aliphatic carbocycles. The zero-order valence-electron chi connectivity index (χ0n) is 7.22. The third-order valence-electron chi connectivity index (χ3n) is 1.37. The van der Waals surface area contributed by atoms with Crippen molar-refractivity contribution in [3.63, 3.8) is 0 Å². The van der Waals surface area contributed by atoms with Gasteiger partial charge in [0, 0.05) is 13.2 Å². The van der Waals surface area contributed by atoms with E-state index in [1.165, 1.54) is 0 Å². The third kappa shape index (κ3) is 4.77. The maximum Gasteiger partial charge on any atom is 0.0805 e. The summed E-state index contributed by atoms with van der Waals surface area (Å²) in [4.78, 5) is 0. The summed E-state index contributed by atoms with van der Waals surface area (Å²) in [6, 6.07) is 0. The van der Waals surface area contributed by atoms with Crippen molar-refractivity contribution in [3.8, 4) is 0 Å². The van der Waals surface area contributed by atoms with Crippen LogP contribution in [0.25, 0.3) is 0 Å². The lowest BCUT2D eigenvalue weighted by molar-refractivity contribution is -0.00979. The molecule has 0 saturated carbocycles. The van der Waals surface area contributed by atoms with Crippen LogP contribution in [0.2, 0.25) is 0 Å². The van der Waals surface area contributed by atoms with Gasteiger partial charge in [-0.2, -0.15) is 0 Å². The lowest BCUT2D eigenvalue weighted by Crippen LogP contribution is -2.18. The second-order valence-corrected chi connectivity index (χ2v) is 2.15. The first-order chi connectivity index (χ1) is 4.85. The van der Waals surface area contributed by atoms with Crippen molar-refractivity contribution in [2.24, 2.45) is 0 Å². The molecule has 0 aliphatic rings. The minimum Gasteiger partial charge on any atom is -0.379 e. The second kappa shape index (κ2) is 7.03. The Balaban J connectivity index is 3.21. The first-order valence-corrected chi connectivity index (χ1v) is 4.04. The van der Waals surface area contributed by atoms with Crippen molar-refractivity contribution in [1.29, 1.82) is 0 Å². The lowest BCUT2D eigenvalue weighted by atomic mass is 10.3. The van der Waals surface area contributed by atoms with E-state index in [-0.39, 0.29) is 0 Å². The fourth-order valence-corrected chi connectivity index (χ4v) is 0.769. The number of rotatable bonds is 6. The molecule has 0 aromatic rings. The maximum atomic E-state index is 5.37. The molecule has 62 valence electrons. The minimum atomic E-state index is 0.296. The molecule has 0 aromatic carbocycles. The summed E-state index contributed by atoms with van der Waals surface area (Å²) in [6.45, 7) is 8.42. The van der Waals surface area contributed by atoms with E-state index in [4.69, 9.17) is 9.47 Å². The Kier molecular flexibility index (Phi) is 6.98. The highest BCUT2D eigenvalue weighted by molar-refractivity contribution is 4.51. The van der Waals surface area contributed by atoms with Gasteiger partial charge in [-0.15, -0.1) is 0 Å². The molecule has 0 spiro atoms. The summed E-state index contributed by atoms with van der Waals surface area (Å²) in [6.07, 6.45) is 1.33. The van der Waals surface area contributed by atoms with E-state index in [1.54, 1.807) is 0 Å². The number of hydrogen-bond acceptors (Lipinski definition) is 2. The molecule has 0 N–H and O–H groups in total. The quantitative estimate of drug-likeness (QED) is 0.569. The van der Waals surface area contributed by atoms with Gasteiger partial charge in [0.15, 0.2) is 0 Å². The van der Waals surface area contributed by atoms with E-state index < -0.39 is 0 Å². The molecule has 0 rings (SSSR count). The van der Waals surface area contributed by atoms with E-state index in [9.17, 15) is 0 Å². The Bertz CT molecular complexity index is 64.3. The van der Waals surface area contributed by atoms with Crippen molar-refractivity contribution in [1.82, 2.24) is 0 Å². The van der Waals surface area contributed by atoms with Crippen molar-refractivity contribution in [2.45, 2.75) is 33.3 Å². The molecule has 2 heteroatoms. The zero-order chi connectivity index (χ0) is 7.82. The highest BCUT2D eigenvalue weighted by atomic mass is 16.5. The first-order valence-electron chi connectivity index (χ1n) is 4.04. The molecule has 10 heavy (non-hydrogen) atoms. The Labute approximate surface area is 63.5 Å². The Hall–Kier alpha value is -0.0800. The third-order valence-corrected chi connectivity index (χ3v) is 1.37. The molecule has 0 radical (unpaired) electrons. The molecular weight excluding hydrogens is 128 g/mol. The van der Waals surface area contributed by atoms with Gasteiger partial charge in [0.2, 0.25) is 0 Å². The largest absolute Gasteiger partial charge is 0.379 e. The van der Waals surface area contributed by atoms with E-state index in [0.29, 0.717) is 6.10 Å². The molecule has 0 bridgehead atoms. The molecule has 0 saturated heterocycles. The van der Waals surface area contributed by atoms with Crippen LogP contribution in [0, 0.1) is 0 Å². The summed E-state index contributed by atoms with van der Waals surface area (Å²) < 4.78 is 10.6. The number of ether oxygens (including phenoxy) is 2. The fourth-order valence-electron chi connectivity index (χ4n) is 0.769. The molecule has 0 fully saturated rings. The van der Waals surface area contributed by atoms with Crippen LogP contribution >= 0.6 is 0 Å². The van der Waals surface area contributed by atoms with Crippen molar-refractivity contribution in [2.75, 3.05) is 19.8 Å². The SMILES string of the molecule is CCOCC(CC)OCC. The zero-order valence-corrected chi connectivity index (χ0v) is 7.22. The Morgan fingerprint density at radius 1 is 1.10 bits per heavy atom. The molecule has 0 amide bonds. The van der Waals surface area contributed by atoms with Crippen LogP contribution in [0.15, 0.2) is 0 Å². The molecule has 0 heterocycles. The highest BCUT2D eigenvalue weighted by Crippen LogP contribution is 1.97. The van der Waals surface area contributed by atoms with Crippen LogP contribution in [-0.4, -0.2) is 25.9 Å². The lowest BCUT2D eigenvalue weighted by Gasteiger charge is -2.13.